The van der Waals surface area contributed by atoms with Gasteiger partial charge in [0, 0.05) is 32.0 Å². The summed E-state index contributed by atoms with van der Waals surface area (Å²) in [5.74, 6) is -0.373. The van der Waals surface area contributed by atoms with E-state index in [0.29, 0.717) is 6.54 Å². The van der Waals surface area contributed by atoms with E-state index in [1.54, 1.807) is 24.1 Å². The van der Waals surface area contributed by atoms with Gasteiger partial charge in [-0.1, -0.05) is 0 Å². The maximum atomic E-state index is 11.9. The van der Waals surface area contributed by atoms with Gasteiger partial charge in [-0.25, -0.2) is 0 Å². The van der Waals surface area contributed by atoms with Gasteiger partial charge in [0.05, 0.1) is 12.3 Å². The Morgan fingerprint density at radius 1 is 1.79 bits per heavy atom. The Kier molecular flexibility index (Phi) is 4.31. The quantitative estimate of drug-likeness (QED) is 0.636. The molecule has 0 spiro atoms. The van der Waals surface area contributed by atoms with Crippen LogP contribution < -0.4 is 5.32 Å². The topological polar surface area (TPSA) is 79.9 Å². The number of nitrogens with zero attached hydrogens (tertiary/aromatic N) is 3. The summed E-state index contributed by atoms with van der Waals surface area (Å²) in [5, 5.41) is 15.7. The molecule has 0 radical (unpaired) electrons. The predicted octanol–water partition coefficient (Wildman–Crippen LogP) is 0.622. The minimum atomic E-state index is -0.373. The lowest BCUT2D eigenvalue weighted by Gasteiger charge is -2.09. The van der Waals surface area contributed by atoms with E-state index in [1.807, 2.05) is 6.07 Å². The number of hydrogen-bond acceptors (Lipinski definition) is 4. The van der Waals surface area contributed by atoms with Gasteiger partial charge in [-0.15, -0.1) is 0 Å². The lowest BCUT2D eigenvalue weighted by atomic mass is 10.2. The second-order valence-electron chi connectivity index (χ2n) is 4.46. The Morgan fingerprint density at radius 2 is 2.63 bits per heavy atom. The molecular weight excluding hydrogens is 244 g/mol. The molecule has 1 aromatic rings. The molecule has 6 nitrogen and oxygen atoms in total. The third kappa shape index (κ3) is 3.66. The zero-order chi connectivity index (χ0) is 13.7. The fourth-order valence-electron chi connectivity index (χ4n) is 1.94. The van der Waals surface area contributed by atoms with Crippen molar-refractivity contribution in [2.45, 2.75) is 18.9 Å². The zero-order valence-corrected chi connectivity index (χ0v) is 10.8. The van der Waals surface area contributed by atoms with Gasteiger partial charge in [0.1, 0.15) is 11.6 Å². The maximum absolute atomic E-state index is 11.9. The standard InChI is InChI=1S/C13H16N4O2/c1-17-9-10(7-16-17)5-11(6-14)13(18)15-8-12-3-2-4-19-12/h5,7,9,12H,2-4,8H2,1H3,(H,15,18). The number of aryl methyl sites for hydroxylation is 1. The molecule has 1 aliphatic rings. The van der Waals surface area contributed by atoms with Crippen molar-refractivity contribution in [3.63, 3.8) is 0 Å². The molecule has 2 rings (SSSR count). The molecule has 0 bridgehead atoms. The van der Waals surface area contributed by atoms with Crippen LogP contribution in [0.3, 0.4) is 0 Å². The Hall–Kier alpha value is -2.13. The van der Waals surface area contributed by atoms with Crippen molar-refractivity contribution >= 4 is 12.0 Å². The maximum Gasteiger partial charge on any atom is 0.262 e. The van der Waals surface area contributed by atoms with Crippen LogP contribution in [-0.2, 0) is 16.6 Å². The largest absolute Gasteiger partial charge is 0.376 e. The average molecular weight is 260 g/mol. The second kappa shape index (κ2) is 6.16. The summed E-state index contributed by atoms with van der Waals surface area (Å²) in [6.07, 6.45) is 6.92. The summed E-state index contributed by atoms with van der Waals surface area (Å²) >= 11 is 0. The second-order valence-corrected chi connectivity index (χ2v) is 4.46. The number of nitriles is 1. The van der Waals surface area contributed by atoms with E-state index < -0.39 is 0 Å². The van der Waals surface area contributed by atoms with Crippen molar-refractivity contribution in [3.05, 3.63) is 23.5 Å². The van der Waals surface area contributed by atoms with Crippen molar-refractivity contribution in [1.82, 2.24) is 15.1 Å². The van der Waals surface area contributed by atoms with Crippen LogP contribution in [0.25, 0.3) is 6.08 Å². The molecule has 1 N–H and O–H groups in total. The summed E-state index contributed by atoms with van der Waals surface area (Å²) in [4.78, 5) is 11.9. The van der Waals surface area contributed by atoms with Crippen LogP contribution in [0.4, 0.5) is 0 Å². The Morgan fingerprint density at radius 3 is 3.21 bits per heavy atom. The molecule has 6 heteroatoms. The van der Waals surface area contributed by atoms with Gasteiger partial charge in [-0.2, -0.15) is 10.4 Å². The van der Waals surface area contributed by atoms with Gasteiger partial charge in [-0.05, 0) is 18.9 Å². The summed E-state index contributed by atoms with van der Waals surface area (Å²) in [5.41, 5.74) is 0.803. The fourth-order valence-corrected chi connectivity index (χ4v) is 1.94. The van der Waals surface area contributed by atoms with Crippen LogP contribution in [0.2, 0.25) is 0 Å². The Labute approximate surface area is 111 Å². The van der Waals surface area contributed by atoms with E-state index in [0.717, 1.165) is 25.0 Å². The van der Waals surface area contributed by atoms with Gasteiger partial charge in [0.15, 0.2) is 0 Å². The van der Waals surface area contributed by atoms with Crippen LogP contribution in [0.15, 0.2) is 18.0 Å². The highest BCUT2D eigenvalue weighted by atomic mass is 16.5. The first-order chi connectivity index (χ1) is 9.19. The molecule has 100 valence electrons. The van der Waals surface area contributed by atoms with Crippen LogP contribution in [0.5, 0.6) is 0 Å². The van der Waals surface area contributed by atoms with E-state index in [1.165, 1.54) is 6.08 Å². The molecule has 0 saturated carbocycles. The summed E-state index contributed by atoms with van der Waals surface area (Å²) in [6, 6.07) is 1.91. The molecule has 1 fully saturated rings. The zero-order valence-electron chi connectivity index (χ0n) is 10.8. The van der Waals surface area contributed by atoms with Crippen LogP contribution in [0.1, 0.15) is 18.4 Å². The third-order valence-electron chi connectivity index (χ3n) is 2.92. The fraction of sp³-hybridized carbons (Fsp3) is 0.462. The molecule has 19 heavy (non-hydrogen) atoms. The van der Waals surface area contributed by atoms with Crippen LogP contribution in [0, 0.1) is 11.3 Å². The van der Waals surface area contributed by atoms with Gasteiger partial charge in [0.2, 0.25) is 0 Å². The average Bonchev–Trinajstić information content (AvgIpc) is 3.04. The first-order valence-electron chi connectivity index (χ1n) is 6.19. The van der Waals surface area contributed by atoms with Crippen molar-refractivity contribution in [2.75, 3.05) is 13.2 Å². The Bertz CT molecular complexity index is 521. The first-order valence-corrected chi connectivity index (χ1v) is 6.19. The van der Waals surface area contributed by atoms with E-state index in [2.05, 4.69) is 10.4 Å². The highest BCUT2D eigenvalue weighted by Crippen LogP contribution is 2.11. The van der Waals surface area contributed by atoms with Crippen molar-refractivity contribution in [2.24, 2.45) is 7.05 Å². The molecule has 1 saturated heterocycles. The van der Waals surface area contributed by atoms with E-state index in [4.69, 9.17) is 10.00 Å². The first kappa shape index (κ1) is 13.3. The summed E-state index contributed by atoms with van der Waals surface area (Å²) in [6.45, 7) is 1.20. The molecule has 1 atom stereocenters. The lowest BCUT2D eigenvalue weighted by molar-refractivity contribution is -0.117. The molecule has 1 aromatic heterocycles. The Balaban J connectivity index is 1.95. The van der Waals surface area contributed by atoms with E-state index >= 15 is 0 Å². The number of ether oxygens (including phenoxy) is 1. The summed E-state index contributed by atoms with van der Waals surface area (Å²) in [7, 11) is 1.78. The minimum Gasteiger partial charge on any atom is -0.376 e. The molecule has 1 aliphatic heterocycles. The number of amides is 1. The number of carbonyl (C=O) groups is 1. The predicted molar refractivity (Wildman–Crippen MR) is 68.8 cm³/mol. The smallest absolute Gasteiger partial charge is 0.262 e. The third-order valence-corrected chi connectivity index (χ3v) is 2.92. The molecule has 0 aliphatic carbocycles. The summed E-state index contributed by atoms with van der Waals surface area (Å²) < 4.78 is 7.02. The SMILES string of the molecule is Cn1cc(C=C(C#N)C(=O)NCC2CCCO2)cn1. The van der Waals surface area contributed by atoms with Gasteiger partial charge >= 0.3 is 0 Å². The highest BCUT2D eigenvalue weighted by Gasteiger charge is 2.17. The van der Waals surface area contributed by atoms with Crippen molar-refractivity contribution in [1.29, 1.82) is 5.26 Å². The monoisotopic (exact) mass is 260 g/mol. The van der Waals surface area contributed by atoms with Gasteiger partial charge in [-0.3, -0.25) is 9.48 Å². The molecular formula is C13H16N4O2. The lowest BCUT2D eigenvalue weighted by Crippen LogP contribution is -2.32. The molecule has 0 aromatic carbocycles. The minimum absolute atomic E-state index is 0.0716. The highest BCUT2D eigenvalue weighted by molar-refractivity contribution is 6.01. The van der Waals surface area contributed by atoms with Crippen LogP contribution in [-0.4, -0.2) is 34.9 Å². The molecule has 1 unspecified atom stereocenters. The normalized spacial score (nSPS) is 19.2. The number of carbonyl (C=O) groups excluding carboxylic acids is 1. The molecule has 1 amide bonds. The number of rotatable bonds is 4. The van der Waals surface area contributed by atoms with Crippen molar-refractivity contribution in [3.8, 4) is 6.07 Å². The number of aromatic nitrogens is 2. The van der Waals surface area contributed by atoms with Gasteiger partial charge in [0.25, 0.3) is 5.91 Å². The van der Waals surface area contributed by atoms with Crippen LogP contribution >= 0.6 is 0 Å². The van der Waals surface area contributed by atoms with Crippen molar-refractivity contribution < 1.29 is 9.53 Å². The van der Waals surface area contributed by atoms with E-state index in [9.17, 15) is 4.79 Å². The van der Waals surface area contributed by atoms with E-state index in [-0.39, 0.29) is 17.6 Å². The number of nitrogens with one attached hydrogen (secondary N) is 1. The number of hydrogen-bond donors (Lipinski definition) is 1. The van der Waals surface area contributed by atoms with Gasteiger partial charge < -0.3 is 10.1 Å². The molecule has 2 heterocycles.